The molecule has 2 unspecified atom stereocenters. The number of amides is 1. The number of para-hydroxylation sites is 1. The molecule has 0 spiro atoms. The molecule has 9 heteroatoms. The van der Waals surface area contributed by atoms with E-state index in [1.54, 1.807) is 12.1 Å². The van der Waals surface area contributed by atoms with Gasteiger partial charge in [0.2, 0.25) is 11.0 Å². The van der Waals surface area contributed by atoms with Crippen LogP contribution in [-0.2, 0) is 4.79 Å². The fourth-order valence-corrected chi connectivity index (χ4v) is 3.42. The Bertz CT molecular complexity index is 678. The van der Waals surface area contributed by atoms with Gasteiger partial charge < -0.3 is 5.11 Å². The molecule has 0 aliphatic carbocycles. The van der Waals surface area contributed by atoms with Gasteiger partial charge in [-0.05, 0) is 18.7 Å². The van der Waals surface area contributed by atoms with Crippen molar-refractivity contribution in [3.8, 4) is 5.75 Å². The third-order valence-corrected chi connectivity index (χ3v) is 5.16. The van der Waals surface area contributed by atoms with Gasteiger partial charge in [-0.15, -0.1) is 10.2 Å². The summed E-state index contributed by atoms with van der Waals surface area (Å²) in [7, 11) is 0. The molecular weight excluding hydrogens is 322 g/mol. The average Bonchev–Trinajstić information content (AvgIpc) is 3.16. The number of anilines is 1. The van der Waals surface area contributed by atoms with E-state index in [0.717, 1.165) is 9.90 Å². The zero-order valence-electron chi connectivity index (χ0n) is 11.7. The summed E-state index contributed by atoms with van der Waals surface area (Å²) in [4.78, 5) is 12.2. The fraction of sp³-hybridized carbons (Fsp3) is 0.308. The van der Waals surface area contributed by atoms with Gasteiger partial charge in [0.25, 0.3) is 0 Å². The highest BCUT2D eigenvalue weighted by Crippen LogP contribution is 2.29. The van der Waals surface area contributed by atoms with Gasteiger partial charge in [-0.2, -0.15) is 0 Å². The molecule has 3 rings (SSSR count). The Balaban J connectivity index is 1.62. The summed E-state index contributed by atoms with van der Waals surface area (Å²) < 4.78 is 0.805. The second kappa shape index (κ2) is 6.61. The molecule has 1 aromatic heterocycles. The molecule has 1 saturated heterocycles. The molecule has 22 heavy (non-hydrogen) atoms. The number of carbonyl (C=O) groups is 1. The van der Waals surface area contributed by atoms with Crippen LogP contribution in [-0.4, -0.2) is 33.5 Å². The van der Waals surface area contributed by atoms with Crippen LogP contribution in [0.2, 0.25) is 0 Å². The Hall–Kier alpha value is -1.68. The van der Waals surface area contributed by atoms with Gasteiger partial charge in [0.05, 0.1) is 6.04 Å². The summed E-state index contributed by atoms with van der Waals surface area (Å²) >= 11 is 2.83. The number of aromatic nitrogens is 2. The first-order valence-electron chi connectivity index (χ1n) is 6.64. The monoisotopic (exact) mass is 337 g/mol. The van der Waals surface area contributed by atoms with Crippen LogP contribution in [0.5, 0.6) is 5.75 Å². The Labute approximate surface area is 135 Å². The summed E-state index contributed by atoms with van der Waals surface area (Å²) in [5.41, 5.74) is 6.76. The number of hydrogen-bond donors (Lipinski definition) is 4. The molecule has 2 atom stereocenters. The number of phenols is 1. The van der Waals surface area contributed by atoms with Crippen molar-refractivity contribution in [1.29, 1.82) is 0 Å². The van der Waals surface area contributed by atoms with Gasteiger partial charge in [-0.3, -0.25) is 10.1 Å². The van der Waals surface area contributed by atoms with E-state index in [2.05, 4.69) is 26.4 Å². The maximum absolute atomic E-state index is 12.2. The summed E-state index contributed by atoms with van der Waals surface area (Å²) in [5, 5.41) is 21.0. The van der Waals surface area contributed by atoms with E-state index >= 15 is 0 Å². The smallest absolute Gasteiger partial charge is 0.244 e. The lowest BCUT2D eigenvalue weighted by Crippen LogP contribution is -2.39. The van der Waals surface area contributed by atoms with E-state index < -0.39 is 6.04 Å². The largest absolute Gasteiger partial charge is 0.508 e. The molecule has 0 bridgehead atoms. The van der Waals surface area contributed by atoms with E-state index in [1.165, 1.54) is 23.1 Å². The lowest BCUT2D eigenvalue weighted by atomic mass is 10.0. The SMILES string of the molecule is CSc1nnc(NC(=O)C2CC(c3ccccc3O)NN2)s1. The van der Waals surface area contributed by atoms with Crippen LogP contribution in [0.3, 0.4) is 0 Å². The number of phenolic OH excluding ortho intramolecular Hbond substituents is 1. The highest BCUT2D eigenvalue weighted by Gasteiger charge is 2.31. The number of thioether (sulfide) groups is 1. The van der Waals surface area contributed by atoms with Gasteiger partial charge in [-0.1, -0.05) is 41.3 Å². The van der Waals surface area contributed by atoms with Gasteiger partial charge in [0.1, 0.15) is 11.8 Å². The van der Waals surface area contributed by atoms with Crippen molar-refractivity contribution in [2.24, 2.45) is 0 Å². The van der Waals surface area contributed by atoms with Crippen LogP contribution >= 0.6 is 23.1 Å². The van der Waals surface area contributed by atoms with Crippen molar-refractivity contribution in [3.05, 3.63) is 29.8 Å². The first kappa shape index (κ1) is 15.2. The lowest BCUT2D eigenvalue weighted by molar-refractivity contribution is -0.117. The van der Waals surface area contributed by atoms with Crippen LogP contribution < -0.4 is 16.2 Å². The Morgan fingerprint density at radius 1 is 1.41 bits per heavy atom. The predicted molar refractivity (Wildman–Crippen MR) is 85.8 cm³/mol. The number of nitrogens with one attached hydrogen (secondary N) is 3. The van der Waals surface area contributed by atoms with Crippen molar-refractivity contribution < 1.29 is 9.90 Å². The number of rotatable bonds is 4. The molecule has 4 N–H and O–H groups in total. The van der Waals surface area contributed by atoms with Crippen LogP contribution in [0.1, 0.15) is 18.0 Å². The number of aromatic hydroxyl groups is 1. The van der Waals surface area contributed by atoms with E-state index in [1.807, 2.05) is 18.4 Å². The second-order valence-corrected chi connectivity index (χ2v) is 6.79. The number of hydrazine groups is 1. The van der Waals surface area contributed by atoms with Gasteiger partial charge in [0, 0.05) is 5.56 Å². The minimum absolute atomic E-state index is 0.117. The second-order valence-electron chi connectivity index (χ2n) is 4.75. The highest BCUT2D eigenvalue weighted by molar-refractivity contribution is 8.00. The van der Waals surface area contributed by atoms with E-state index in [9.17, 15) is 9.90 Å². The fourth-order valence-electron chi connectivity index (χ4n) is 2.25. The average molecular weight is 337 g/mol. The zero-order chi connectivity index (χ0) is 15.5. The maximum atomic E-state index is 12.2. The number of hydrogen-bond acceptors (Lipinski definition) is 8. The van der Waals surface area contributed by atoms with Crippen LogP contribution in [0, 0.1) is 0 Å². The van der Waals surface area contributed by atoms with Gasteiger partial charge in [-0.25, -0.2) is 10.9 Å². The predicted octanol–water partition coefficient (Wildman–Crippen LogP) is 1.51. The molecule has 1 aliphatic rings. The van der Waals surface area contributed by atoms with Crippen molar-refractivity contribution in [3.63, 3.8) is 0 Å². The van der Waals surface area contributed by atoms with Crippen LogP contribution in [0.25, 0.3) is 0 Å². The van der Waals surface area contributed by atoms with Crippen molar-refractivity contribution in [2.45, 2.75) is 22.8 Å². The quantitative estimate of drug-likeness (QED) is 0.496. The standard InChI is InChI=1S/C13H15N5O2S2/c1-21-13-18-17-12(22-13)14-11(20)9-6-8(15-16-9)7-4-2-3-5-10(7)19/h2-5,8-9,15-16,19H,6H2,1H3,(H,14,17,20). The van der Waals surface area contributed by atoms with Gasteiger partial charge >= 0.3 is 0 Å². The molecule has 1 aliphatic heterocycles. The van der Waals surface area contributed by atoms with E-state index in [-0.39, 0.29) is 17.7 Å². The maximum Gasteiger partial charge on any atom is 0.244 e. The van der Waals surface area contributed by atoms with Gasteiger partial charge in [0.15, 0.2) is 4.34 Å². The van der Waals surface area contributed by atoms with Crippen molar-refractivity contribution in [1.82, 2.24) is 21.0 Å². The Morgan fingerprint density at radius 2 is 2.23 bits per heavy atom. The molecule has 116 valence electrons. The van der Waals surface area contributed by atoms with E-state index in [0.29, 0.717) is 11.6 Å². The van der Waals surface area contributed by atoms with Crippen LogP contribution in [0.4, 0.5) is 5.13 Å². The zero-order valence-corrected chi connectivity index (χ0v) is 13.4. The normalized spacial score (nSPS) is 21.0. The Kier molecular flexibility index (Phi) is 4.57. The number of nitrogens with zero attached hydrogens (tertiary/aromatic N) is 2. The molecule has 7 nitrogen and oxygen atoms in total. The van der Waals surface area contributed by atoms with Crippen molar-refractivity contribution >= 4 is 34.1 Å². The first-order chi connectivity index (χ1) is 10.7. The number of carbonyl (C=O) groups excluding carboxylic acids is 1. The molecule has 1 aromatic carbocycles. The highest BCUT2D eigenvalue weighted by atomic mass is 32.2. The summed E-state index contributed by atoms with van der Waals surface area (Å²) in [6.45, 7) is 0. The molecule has 0 radical (unpaired) electrons. The summed E-state index contributed by atoms with van der Waals surface area (Å²) in [6.07, 6.45) is 2.45. The first-order valence-corrected chi connectivity index (χ1v) is 8.69. The molecular formula is C13H15N5O2S2. The minimum Gasteiger partial charge on any atom is -0.508 e. The lowest BCUT2D eigenvalue weighted by Gasteiger charge is -2.11. The molecule has 2 heterocycles. The molecule has 1 amide bonds. The van der Waals surface area contributed by atoms with Crippen molar-refractivity contribution in [2.75, 3.05) is 11.6 Å². The third kappa shape index (κ3) is 3.22. The minimum atomic E-state index is -0.397. The molecule has 2 aromatic rings. The van der Waals surface area contributed by atoms with Crippen LogP contribution in [0.15, 0.2) is 28.6 Å². The third-order valence-electron chi connectivity index (χ3n) is 3.34. The summed E-state index contributed by atoms with van der Waals surface area (Å²) in [5.74, 6) is 0.0471. The summed E-state index contributed by atoms with van der Waals surface area (Å²) in [6, 6.07) is 6.58. The molecule has 1 fully saturated rings. The number of benzene rings is 1. The topological polar surface area (TPSA) is 99.2 Å². The molecule has 0 saturated carbocycles. The Morgan fingerprint density at radius 3 is 2.95 bits per heavy atom. The van der Waals surface area contributed by atoms with E-state index in [4.69, 9.17) is 0 Å².